The summed E-state index contributed by atoms with van der Waals surface area (Å²) in [5, 5.41) is 5.51. The van der Waals surface area contributed by atoms with Gasteiger partial charge in [-0.15, -0.1) is 0 Å². The number of aryl methyl sites for hydroxylation is 1. The van der Waals surface area contributed by atoms with Crippen molar-refractivity contribution in [1.29, 1.82) is 0 Å². The number of benzene rings is 1. The summed E-state index contributed by atoms with van der Waals surface area (Å²) < 4.78 is 0. The Bertz CT molecular complexity index is 449. The Morgan fingerprint density at radius 2 is 2.11 bits per heavy atom. The van der Waals surface area contributed by atoms with Crippen LogP contribution in [0.2, 0.25) is 0 Å². The second-order valence-corrected chi connectivity index (χ2v) is 5.44. The number of nitrogens with one attached hydrogen (secondary N) is 2. The maximum atomic E-state index is 11.7. The van der Waals surface area contributed by atoms with E-state index in [0.717, 1.165) is 17.7 Å². The first-order valence-electron chi connectivity index (χ1n) is 6.31. The van der Waals surface area contributed by atoms with Crippen molar-refractivity contribution < 1.29 is 9.59 Å². The third kappa shape index (κ3) is 5.87. The topological polar surface area (TPSA) is 58.2 Å². The number of alkyl halides is 1. The molecule has 0 aliphatic heterocycles. The zero-order valence-electron chi connectivity index (χ0n) is 11.2. The summed E-state index contributed by atoms with van der Waals surface area (Å²) in [5.74, 6) is -0.181. The standard InChI is InChI=1S/C14H19BrN2O2/c1-3-12(15)14(19)16-8-7-13(18)17-11-6-4-5-10(2)9-11/h4-6,9,12H,3,7-8H2,1-2H3,(H,16,19)(H,17,18)/t12-/m1/s1. The van der Waals surface area contributed by atoms with E-state index in [2.05, 4.69) is 26.6 Å². The van der Waals surface area contributed by atoms with Gasteiger partial charge in [-0.2, -0.15) is 0 Å². The third-order valence-corrected chi connectivity index (χ3v) is 3.66. The molecule has 0 aromatic heterocycles. The summed E-state index contributed by atoms with van der Waals surface area (Å²) in [5.41, 5.74) is 1.87. The molecule has 5 heteroatoms. The van der Waals surface area contributed by atoms with Crippen LogP contribution in [0.3, 0.4) is 0 Å². The first-order valence-corrected chi connectivity index (χ1v) is 7.22. The van der Waals surface area contributed by atoms with E-state index < -0.39 is 0 Å². The molecule has 0 spiro atoms. The highest BCUT2D eigenvalue weighted by Gasteiger charge is 2.11. The molecule has 1 aromatic rings. The minimum Gasteiger partial charge on any atom is -0.355 e. The SMILES string of the molecule is CC[C@@H](Br)C(=O)NCCC(=O)Nc1cccc(C)c1. The molecule has 2 N–H and O–H groups in total. The van der Waals surface area contributed by atoms with Gasteiger partial charge in [-0.05, 0) is 31.0 Å². The van der Waals surface area contributed by atoms with Gasteiger partial charge in [-0.25, -0.2) is 0 Å². The third-order valence-electron chi connectivity index (χ3n) is 2.60. The van der Waals surface area contributed by atoms with Crippen LogP contribution < -0.4 is 10.6 Å². The van der Waals surface area contributed by atoms with Gasteiger partial charge in [0.2, 0.25) is 11.8 Å². The van der Waals surface area contributed by atoms with Crippen molar-refractivity contribution in [1.82, 2.24) is 5.32 Å². The van der Waals surface area contributed by atoms with Crippen LogP contribution in [-0.4, -0.2) is 23.2 Å². The summed E-state index contributed by atoms with van der Waals surface area (Å²) in [7, 11) is 0. The monoisotopic (exact) mass is 326 g/mol. The normalized spacial score (nSPS) is 11.7. The van der Waals surface area contributed by atoms with Crippen molar-refractivity contribution in [2.45, 2.75) is 31.5 Å². The van der Waals surface area contributed by atoms with Gasteiger partial charge >= 0.3 is 0 Å². The summed E-state index contributed by atoms with van der Waals surface area (Å²) >= 11 is 3.26. The van der Waals surface area contributed by atoms with Crippen molar-refractivity contribution in [3.8, 4) is 0 Å². The molecule has 0 fully saturated rings. The maximum Gasteiger partial charge on any atom is 0.233 e. The van der Waals surface area contributed by atoms with E-state index in [0.29, 0.717) is 6.54 Å². The Balaban J connectivity index is 2.31. The predicted molar refractivity (Wildman–Crippen MR) is 80.4 cm³/mol. The van der Waals surface area contributed by atoms with Crippen LogP contribution in [0.4, 0.5) is 5.69 Å². The lowest BCUT2D eigenvalue weighted by molar-refractivity contribution is -0.120. The molecule has 19 heavy (non-hydrogen) atoms. The molecule has 1 atom stereocenters. The Hall–Kier alpha value is -1.36. The van der Waals surface area contributed by atoms with Crippen LogP contribution >= 0.6 is 15.9 Å². The molecule has 0 unspecified atom stereocenters. The number of hydrogen-bond donors (Lipinski definition) is 2. The van der Waals surface area contributed by atoms with Gasteiger partial charge in [0, 0.05) is 18.7 Å². The highest BCUT2D eigenvalue weighted by atomic mass is 79.9. The van der Waals surface area contributed by atoms with E-state index in [9.17, 15) is 9.59 Å². The number of hydrogen-bond acceptors (Lipinski definition) is 2. The van der Waals surface area contributed by atoms with Crippen LogP contribution in [-0.2, 0) is 9.59 Å². The number of halogens is 1. The van der Waals surface area contributed by atoms with Crippen molar-refractivity contribution >= 4 is 33.4 Å². The molecule has 2 amide bonds. The molecule has 0 heterocycles. The van der Waals surface area contributed by atoms with Crippen LogP contribution in [0.1, 0.15) is 25.3 Å². The lowest BCUT2D eigenvalue weighted by atomic mass is 10.2. The van der Waals surface area contributed by atoms with E-state index in [1.54, 1.807) is 0 Å². The number of anilines is 1. The van der Waals surface area contributed by atoms with Gasteiger partial charge in [-0.3, -0.25) is 9.59 Å². The molecule has 0 radical (unpaired) electrons. The average Bonchev–Trinajstić information content (AvgIpc) is 2.37. The van der Waals surface area contributed by atoms with Gasteiger partial charge in [-0.1, -0.05) is 35.0 Å². The molecule has 4 nitrogen and oxygen atoms in total. The Morgan fingerprint density at radius 1 is 1.37 bits per heavy atom. The lowest BCUT2D eigenvalue weighted by Gasteiger charge is -2.09. The smallest absolute Gasteiger partial charge is 0.233 e. The van der Waals surface area contributed by atoms with Crippen LogP contribution in [0.5, 0.6) is 0 Å². The Labute approximate surface area is 122 Å². The molecular formula is C14H19BrN2O2. The maximum absolute atomic E-state index is 11.7. The average molecular weight is 327 g/mol. The summed E-state index contributed by atoms with van der Waals surface area (Å²) in [4.78, 5) is 23.0. The molecule has 0 bridgehead atoms. The van der Waals surface area contributed by atoms with Crippen LogP contribution in [0.15, 0.2) is 24.3 Å². The Morgan fingerprint density at radius 3 is 2.74 bits per heavy atom. The van der Waals surface area contributed by atoms with Crippen molar-refractivity contribution in [2.75, 3.05) is 11.9 Å². The molecule has 104 valence electrons. The van der Waals surface area contributed by atoms with Gasteiger partial charge in [0.15, 0.2) is 0 Å². The van der Waals surface area contributed by atoms with Crippen LogP contribution in [0, 0.1) is 6.92 Å². The van der Waals surface area contributed by atoms with Crippen molar-refractivity contribution in [3.63, 3.8) is 0 Å². The second-order valence-electron chi connectivity index (χ2n) is 4.33. The number of rotatable bonds is 6. The first-order chi connectivity index (χ1) is 9.02. The molecule has 1 rings (SSSR count). The fourth-order valence-electron chi connectivity index (χ4n) is 1.54. The summed E-state index contributed by atoms with van der Waals surface area (Å²) in [6.45, 7) is 4.23. The molecule has 1 aromatic carbocycles. The fraction of sp³-hybridized carbons (Fsp3) is 0.429. The molecule has 0 aliphatic carbocycles. The second kappa shape index (κ2) is 7.94. The van der Waals surface area contributed by atoms with Gasteiger partial charge in [0.1, 0.15) is 0 Å². The van der Waals surface area contributed by atoms with E-state index in [1.807, 2.05) is 38.1 Å². The first kappa shape index (κ1) is 15.7. The van der Waals surface area contributed by atoms with E-state index in [4.69, 9.17) is 0 Å². The van der Waals surface area contributed by atoms with E-state index >= 15 is 0 Å². The largest absolute Gasteiger partial charge is 0.355 e. The minimum absolute atomic E-state index is 0.0779. The van der Waals surface area contributed by atoms with E-state index in [1.165, 1.54) is 0 Å². The van der Waals surface area contributed by atoms with Gasteiger partial charge < -0.3 is 10.6 Å². The minimum atomic E-state index is -0.188. The highest BCUT2D eigenvalue weighted by Crippen LogP contribution is 2.09. The highest BCUT2D eigenvalue weighted by molar-refractivity contribution is 9.10. The van der Waals surface area contributed by atoms with Crippen molar-refractivity contribution in [3.05, 3.63) is 29.8 Å². The van der Waals surface area contributed by atoms with E-state index in [-0.39, 0.29) is 23.1 Å². The molecule has 0 saturated carbocycles. The zero-order chi connectivity index (χ0) is 14.3. The molecular weight excluding hydrogens is 308 g/mol. The quantitative estimate of drug-likeness (QED) is 0.789. The lowest BCUT2D eigenvalue weighted by Crippen LogP contribution is -2.33. The van der Waals surface area contributed by atoms with Crippen LogP contribution in [0.25, 0.3) is 0 Å². The zero-order valence-corrected chi connectivity index (χ0v) is 12.8. The fourth-order valence-corrected chi connectivity index (χ4v) is 1.70. The molecule has 0 saturated heterocycles. The summed E-state index contributed by atoms with van der Waals surface area (Å²) in [6, 6.07) is 7.61. The number of carbonyl (C=O) groups excluding carboxylic acids is 2. The molecule has 0 aliphatic rings. The van der Waals surface area contributed by atoms with Gasteiger partial charge in [0.25, 0.3) is 0 Å². The number of amides is 2. The Kier molecular flexibility index (Phi) is 6.56. The predicted octanol–water partition coefficient (Wildman–Crippen LogP) is 2.61. The summed E-state index contributed by atoms with van der Waals surface area (Å²) in [6.07, 6.45) is 0.991. The van der Waals surface area contributed by atoms with Crippen molar-refractivity contribution in [2.24, 2.45) is 0 Å². The number of carbonyl (C=O) groups is 2. The van der Waals surface area contributed by atoms with Gasteiger partial charge in [0.05, 0.1) is 4.83 Å².